The summed E-state index contributed by atoms with van der Waals surface area (Å²) in [6.07, 6.45) is 8.03. The fraction of sp³-hybridized carbons (Fsp3) is 0.308. The summed E-state index contributed by atoms with van der Waals surface area (Å²) in [7, 11) is 0. The molecule has 1 heterocycles. The lowest BCUT2D eigenvalue weighted by molar-refractivity contribution is 0.698. The molecule has 1 aliphatic carbocycles. The molecule has 16 heavy (non-hydrogen) atoms. The SMILES string of the molecule is NCC1(c2ccccc2-n2ccnc2)CC1. The molecule has 0 amide bonds. The zero-order valence-electron chi connectivity index (χ0n) is 9.13. The van der Waals surface area contributed by atoms with E-state index < -0.39 is 0 Å². The Hall–Kier alpha value is -1.61. The second-order valence-electron chi connectivity index (χ2n) is 4.47. The Bertz CT molecular complexity index is 484. The van der Waals surface area contributed by atoms with Crippen LogP contribution in [0.4, 0.5) is 0 Å². The van der Waals surface area contributed by atoms with Gasteiger partial charge in [0.15, 0.2) is 0 Å². The van der Waals surface area contributed by atoms with Gasteiger partial charge >= 0.3 is 0 Å². The molecule has 3 heteroatoms. The van der Waals surface area contributed by atoms with Crippen molar-refractivity contribution in [2.24, 2.45) is 5.73 Å². The van der Waals surface area contributed by atoms with Crippen molar-refractivity contribution < 1.29 is 0 Å². The summed E-state index contributed by atoms with van der Waals surface area (Å²) in [5.74, 6) is 0. The molecule has 3 rings (SSSR count). The van der Waals surface area contributed by atoms with Gasteiger partial charge in [0, 0.05) is 24.4 Å². The van der Waals surface area contributed by atoms with E-state index in [1.807, 2.05) is 12.5 Å². The Morgan fingerprint density at radius 1 is 1.31 bits per heavy atom. The number of nitrogens with zero attached hydrogens (tertiary/aromatic N) is 2. The van der Waals surface area contributed by atoms with Crippen LogP contribution in [-0.2, 0) is 5.41 Å². The van der Waals surface area contributed by atoms with Crippen molar-refractivity contribution in [2.75, 3.05) is 6.54 Å². The molecule has 0 spiro atoms. The average molecular weight is 213 g/mol. The quantitative estimate of drug-likeness (QED) is 0.845. The van der Waals surface area contributed by atoms with Gasteiger partial charge in [-0.15, -0.1) is 0 Å². The zero-order valence-corrected chi connectivity index (χ0v) is 9.13. The Labute approximate surface area is 94.9 Å². The number of rotatable bonds is 3. The van der Waals surface area contributed by atoms with Gasteiger partial charge in [-0.3, -0.25) is 0 Å². The molecule has 0 aliphatic heterocycles. The summed E-state index contributed by atoms with van der Waals surface area (Å²) in [6, 6.07) is 8.47. The van der Waals surface area contributed by atoms with Crippen LogP contribution in [0.3, 0.4) is 0 Å². The first kappa shape index (κ1) is 9.60. The summed E-state index contributed by atoms with van der Waals surface area (Å²) in [5, 5.41) is 0. The van der Waals surface area contributed by atoms with Gasteiger partial charge in [-0.2, -0.15) is 0 Å². The zero-order chi connectivity index (χ0) is 11.0. The molecule has 3 nitrogen and oxygen atoms in total. The Balaban J connectivity index is 2.12. The molecule has 1 aromatic carbocycles. The molecule has 1 aliphatic rings. The lowest BCUT2D eigenvalue weighted by atomic mass is 9.94. The van der Waals surface area contributed by atoms with Gasteiger partial charge in [-0.1, -0.05) is 18.2 Å². The van der Waals surface area contributed by atoms with Crippen LogP contribution < -0.4 is 5.73 Å². The van der Waals surface area contributed by atoms with E-state index in [9.17, 15) is 0 Å². The number of hydrogen-bond acceptors (Lipinski definition) is 2. The van der Waals surface area contributed by atoms with E-state index in [4.69, 9.17) is 5.73 Å². The van der Waals surface area contributed by atoms with E-state index in [0.717, 1.165) is 6.54 Å². The molecule has 1 saturated carbocycles. The van der Waals surface area contributed by atoms with Gasteiger partial charge in [-0.05, 0) is 24.5 Å². The highest BCUT2D eigenvalue weighted by Gasteiger charge is 2.44. The third-order valence-electron chi connectivity index (χ3n) is 3.50. The lowest BCUT2D eigenvalue weighted by Crippen LogP contribution is -2.21. The molecule has 0 saturated heterocycles. The van der Waals surface area contributed by atoms with Crippen molar-refractivity contribution in [3.05, 3.63) is 48.5 Å². The Morgan fingerprint density at radius 3 is 2.75 bits per heavy atom. The van der Waals surface area contributed by atoms with Gasteiger partial charge in [0.1, 0.15) is 0 Å². The molecular formula is C13H15N3. The molecule has 0 unspecified atom stereocenters. The van der Waals surface area contributed by atoms with Crippen molar-refractivity contribution in [2.45, 2.75) is 18.3 Å². The summed E-state index contributed by atoms with van der Waals surface area (Å²) in [5.41, 5.74) is 8.69. The highest BCUT2D eigenvalue weighted by Crippen LogP contribution is 2.49. The van der Waals surface area contributed by atoms with Crippen molar-refractivity contribution >= 4 is 0 Å². The van der Waals surface area contributed by atoms with Crippen molar-refractivity contribution in [1.82, 2.24) is 9.55 Å². The van der Waals surface area contributed by atoms with Crippen LogP contribution in [0.5, 0.6) is 0 Å². The highest BCUT2D eigenvalue weighted by atomic mass is 15.0. The monoisotopic (exact) mass is 213 g/mol. The van der Waals surface area contributed by atoms with E-state index in [0.29, 0.717) is 0 Å². The van der Waals surface area contributed by atoms with E-state index in [1.54, 1.807) is 6.20 Å². The maximum Gasteiger partial charge on any atom is 0.0991 e. The Morgan fingerprint density at radius 2 is 2.12 bits per heavy atom. The third kappa shape index (κ3) is 1.36. The van der Waals surface area contributed by atoms with Crippen molar-refractivity contribution in [3.8, 4) is 5.69 Å². The van der Waals surface area contributed by atoms with E-state index in [1.165, 1.54) is 24.1 Å². The molecule has 82 valence electrons. The van der Waals surface area contributed by atoms with Gasteiger partial charge in [-0.25, -0.2) is 4.98 Å². The van der Waals surface area contributed by atoms with Gasteiger partial charge < -0.3 is 10.3 Å². The second-order valence-corrected chi connectivity index (χ2v) is 4.47. The van der Waals surface area contributed by atoms with Crippen LogP contribution in [-0.4, -0.2) is 16.1 Å². The van der Waals surface area contributed by atoms with E-state index >= 15 is 0 Å². The molecule has 0 bridgehead atoms. The van der Waals surface area contributed by atoms with Gasteiger partial charge in [0.25, 0.3) is 0 Å². The van der Waals surface area contributed by atoms with Crippen LogP contribution >= 0.6 is 0 Å². The first-order valence-electron chi connectivity index (χ1n) is 5.64. The van der Waals surface area contributed by atoms with Crippen LogP contribution in [0, 0.1) is 0 Å². The summed E-state index contributed by atoms with van der Waals surface area (Å²) in [6.45, 7) is 0.735. The molecule has 2 aromatic rings. The first-order valence-corrected chi connectivity index (χ1v) is 5.64. The Kier molecular flexibility index (Phi) is 2.07. The maximum absolute atomic E-state index is 5.90. The first-order chi connectivity index (χ1) is 7.86. The molecular weight excluding hydrogens is 198 g/mol. The minimum Gasteiger partial charge on any atom is -0.330 e. The number of imidazole rings is 1. The summed E-state index contributed by atoms with van der Waals surface area (Å²) >= 11 is 0. The maximum atomic E-state index is 5.90. The molecule has 2 N–H and O–H groups in total. The summed E-state index contributed by atoms with van der Waals surface area (Å²) in [4.78, 5) is 4.10. The normalized spacial score (nSPS) is 17.3. The third-order valence-corrected chi connectivity index (χ3v) is 3.50. The second kappa shape index (κ2) is 3.46. The predicted molar refractivity (Wildman–Crippen MR) is 63.5 cm³/mol. The smallest absolute Gasteiger partial charge is 0.0991 e. The fourth-order valence-corrected chi connectivity index (χ4v) is 2.28. The fourth-order valence-electron chi connectivity index (χ4n) is 2.28. The number of hydrogen-bond donors (Lipinski definition) is 1. The van der Waals surface area contributed by atoms with Crippen molar-refractivity contribution in [1.29, 1.82) is 0 Å². The lowest BCUT2D eigenvalue weighted by Gasteiger charge is -2.17. The minimum absolute atomic E-state index is 0.223. The predicted octanol–water partition coefficient (Wildman–Crippen LogP) is 1.86. The highest BCUT2D eigenvalue weighted by molar-refractivity contribution is 5.48. The van der Waals surface area contributed by atoms with Crippen LogP contribution in [0.15, 0.2) is 43.0 Å². The molecule has 0 atom stereocenters. The molecule has 1 aromatic heterocycles. The number of nitrogens with two attached hydrogens (primary N) is 1. The molecule has 1 fully saturated rings. The molecule has 0 radical (unpaired) electrons. The van der Waals surface area contributed by atoms with E-state index in [-0.39, 0.29) is 5.41 Å². The topological polar surface area (TPSA) is 43.8 Å². The standard InChI is InChI=1S/C13H15N3/c14-9-13(5-6-13)11-3-1-2-4-12(11)16-8-7-15-10-16/h1-4,7-8,10H,5-6,9,14H2. The largest absolute Gasteiger partial charge is 0.330 e. The van der Waals surface area contributed by atoms with Crippen LogP contribution in [0.2, 0.25) is 0 Å². The number of para-hydroxylation sites is 1. The number of aromatic nitrogens is 2. The van der Waals surface area contributed by atoms with E-state index in [2.05, 4.69) is 33.8 Å². The summed E-state index contributed by atoms with van der Waals surface area (Å²) < 4.78 is 2.06. The average Bonchev–Trinajstić information content (AvgIpc) is 2.95. The minimum atomic E-state index is 0.223. The van der Waals surface area contributed by atoms with Crippen LogP contribution in [0.1, 0.15) is 18.4 Å². The van der Waals surface area contributed by atoms with Crippen molar-refractivity contribution in [3.63, 3.8) is 0 Å². The van der Waals surface area contributed by atoms with Gasteiger partial charge in [0.05, 0.1) is 12.0 Å². The van der Waals surface area contributed by atoms with Gasteiger partial charge in [0.2, 0.25) is 0 Å². The number of benzene rings is 1. The van der Waals surface area contributed by atoms with Crippen LogP contribution in [0.25, 0.3) is 5.69 Å².